The molecule has 1 saturated heterocycles. The summed E-state index contributed by atoms with van der Waals surface area (Å²) in [6.07, 6.45) is 6.11. The van der Waals surface area contributed by atoms with Gasteiger partial charge >= 0.3 is 0 Å². The number of benzene rings is 2. The largest absolute Gasteiger partial charge is 0.338 e. The second kappa shape index (κ2) is 9.17. The van der Waals surface area contributed by atoms with Gasteiger partial charge in [-0.1, -0.05) is 49.4 Å². The molecule has 2 aromatic rings. The van der Waals surface area contributed by atoms with Crippen LogP contribution in [0, 0.1) is 5.92 Å². The van der Waals surface area contributed by atoms with E-state index in [1.54, 1.807) is 11.0 Å². The molecule has 1 N–H and O–H groups in total. The summed E-state index contributed by atoms with van der Waals surface area (Å²) < 4.78 is 0. The Morgan fingerprint density at radius 3 is 2.56 bits per heavy atom. The Kier molecular flexibility index (Phi) is 6.42. The molecule has 0 bridgehead atoms. The van der Waals surface area contributed by atoms with Crippen molar-refractivity contribution in [2.75, 3.05) is 18.4 Å². The molecule has 27 heavy (non-hydrogen) atoms. The highest BCUT2D eigenvalue weighted by Gasteiger charge is 2.27. The van der Waals surface area contributed by atoms with Gasteiger partial charge in [-0.15, -0.1) is 0 Å². The summed E-state index contributed by atoms with van der Waals surface area (Å²) in [7, 11) is 0. The van der Waals surface area contributed by atoms with Crippen LogP contribution in [-0.2, 0) is 16.0 Å². The molecule has 0 aromatic heterocycles. The highest BCUT2D eigenvalue weighted by Crippen LogP contribution is 2.19. The van der Waals surface area contributed by atoms with E-state index in [1.165, 1.54) is 5.56 Å². The van der Waals surface area contributed by atoms with Crippen molar-refractivity contribution in [1.29, 1.82) is 0 Å². The van der Waals surface area contributed by atoms with Gasteiger partial charge in [0.2, 0.25) is 11.8 Å². The van der Waals surface area contributed by atoms with E-state index in [-0.39, 0.29) is 17.7 Å². The molecule has 4 heteroatoms. The number of hydrogen-bond donors (Lipinski definition) is 1. The van der Waals surface area contributed by atoms with Crippen LogP contribution in [0.5, 0.6) is 0 Å². The second-order valence-corrected chi connectivity index (χ2v) is 6.91. The number of anilines is 1. The van der Waals surface area contributed by atoms with Gasteiger partial charge in [-0.25, -0.2) is 0 Å². The fraction of sp³-hybridized carbons (Fsp3) is 0.304. The summed E-state index contributed by atoms with van der Waals surface area (Å²) in [5.41, 5.74) is 3.08. The lowest BCUT2D eigenvalue weighted by molar-refractivity contribution is -0.130. The van der Waals surface area contributed by atoms with Crippen molar-refractivity contribution in [3.63, 3.8) is 0 Å². The minimum absolute atomic E-state index is 0.0159. The number of nitrogens with one attached hydrogen (secondary N) is 1. The lowest BCUT2D eigenvalue weighted by Gasteiger charge is -2.31. The number of rotatable bonds is 5. The molecule has 1 unspecified atom stereocenters. The molecule has 0 radical (unpaired) electrons. The number of aryl methyl sites for hydroxylation is 1. The van der Waals surface area contributed by atoms with E-state index in [0.29, 0.717) is 13.1 Å². The van der Waals surface area contributed by atoms with E-state index in [0.717, 1.165) is 30.5 Å². The summed E-state index contributed by atoms with van der Waals surface area (Å²) in [4.78, 5) is 26.8. The van der Waals surface area contributed by atoms with Gasteiger partial charge in [0.15, 0.2) is 0 Å². The zero-order valence-electron chi connectivity index (χ0n) is 15.7. The van der Waals surface area contributed by atoms with Gasteiger partial charge in [0.05, 0.1) is 5.92 Å². The van der Waals surface area contributed by atoms with E-state index in [9.17, 15) is 9.59 Å². The van der Waals surface area contributed by atoms with Crippen LogP contribution in [-0.4, -0.2) is 29.8 Å². The predicted molar refractivity (Wildman–Crippen MR) is 109 cm³/mol. The van der Waals surface area contributed by atoms with Crippen molar-refractivity contribution in [2.24, 2.45) is 5.92 Å². The Morgan fingerprint density at radius 2 is 1.85 bits per heavy atom. The normalized spacial score (nSPS) is 17.1. The van der Waals surface area contributed by atoms with Gasteiger partial charge in [-0.05, 0) is 48.6 Å². The Hall–Kier alpha value is -2.88. The zero-order chi connectivity index (χ0) is 19.1. The third-order valence-electron chi connectivity index (χ3n) is 4.95. The van der Waals surface area contributed by atoms with E-state index in [2.05, 4.69) is 24.4 Å². The minimum atomic E-state index is -0.167. The van der Waals surface area contributed by atoms with Crippen LogP contribution in [0.15, 0.2) is 60.7 Å². The van der Waals surface area contributed by atoms with Gasteiger partial charge in [0.25, 0.3) is 0 Å². The lowest BCUT2D eigenvalue weighted by Crippen LogP contribution is -2.43. The fourth-order valence-corrected chi connectivity index (χ4v) is 3.29. The number of piperidine rings is 1. The Bertz CT molecular complexity index is 797. The number of carbonyl (C=O) groups is 2. The second-order valence-electron chi connectivity index (χ2n) is 6.91. The first-order valence-electron chi connectivity index (χ1n) is 9.57. The van der Waals surface area contributed by atoms with Gasteiger partial charge in [-0.3, -0.25) is 9.59 Å². The number of amides is 2. The van der Waals surface area contributed by atoms with Gasteiger partial charge in [0, 0.05) is 24.9 Å². The number of carbonyl (C=O) groups excluding carboxylic acids is 2. The van der Waals surface area contributed by atoms with Crippen LogP contribution in [0.4, 0.5) is 5.69 Å². The van der Waals surface area contributed by atoms with Crippen molar-refractivity contribution >= 4 is 23.6 Å². The topological polar surface area (TPSA) is 49.4 Å². The summed E-state index contributed by atoms with van der Waals surface area (Å²) in [6, 6.07) is 17.6. The zero-order valence-corrected chi connectivity index (χ0v) is 15.7. The molecule has 140 valence electrons. The Morgan fingerprint density at radius 1 is 1.11 bits per heavy atom. The monoisotopic (exact) mass is 362 g/mol. The maximum Gasteiger partial charge on any atom is 0.246 e. The van der Waals surface area contributed by atoms with E-state index >= 15 is 0 Å². The average Bonchev–Trinajstić information content (AvgIpc) is 2.73. The smallest absolute Gasteiger partial charge is 0.246 e. The van der Waals surface area contributed by atoms with Crippen LogP contribution in [0.3, 0.4) is 0 Å². The minimum Gasteiger partial charge on any atom is -0.338 e. The standard InChI is InChI=1S/C23H26N2O2/c1-2-18-10-12-19(13-11-18)14-15-22(26)25-16-6-7-20(17-25)23(27)24-21-8-4-3-5-9-21/h3-5,8-15,20H,2,6-7,16-17H2,1H3,(H,24,27)/b15-14+. The van der Waals surface area contributed by atoms with Crippen molar-refractivity contribution in [1.82, 2.24) is 4.90 Å². The summed E-state index contributed by atoms with van der Waals surface area (Å²) >= 11 is 0. The van der Waals surface area contributed by atoms with Crippen LogP contribution in [0.25, 0.3) is 6.08 Å². The number of nitrogens with zero attached hydrogens (tertiary/aromatic N) is 1. The maximum absolute atomic E-state index is 12.5. The summed E-state index contributed by atoms with van der Waals surface area (Å²) in [5, 5.41) is 2.94. The molecular formula is C23H26N2O2. The van der Waals surface area contributed by atoms with E-state index < -0.39 is 0 Å². The molecular weight excluding hydrogens is 336 g/mol. The van der Waals surface area contributed by atoms with Crippen LogP contribution >= 0.6 is 0 Å². The Labute approximate surface area is 160 Å². The third-order valence-corrected chi connectivity index (χ3v) is 4.95. The third kappa shape index (κ3) is 5.30. The highest BCUT2D eigenvalue weighted by atomic mass is 16.2. The summed E-state index contributed by atoms with van der Waals surface area (Å²) in [5.74, 6) is -0.218. The predicted octanol–water partition coefficient (Wildman–Crippen LogP) is 4.14. The van der Waals surface area contributed by atoms with E-state index in [1.807, 2.05) is 48.5 Å². The molecule has 0 aliphatic carbocycles. The molecule has 3 rings (SSSR count). The SMILES string of the molecule is CCc1ccc(/C=C/C(=O)N2CCCC(C(=O)Nc3ccccc3)C2)cc1. The van der Waals surface area contributed by atoms with Crippen molar-refractivity contribution in [3.8, 4) is 0 Å². The fourth-order valence-electron chi connectivity index (χ4n) is 3.29. The van der Waals surface area contributed by atoms with Crippen molar-refractivity contribution < 1.29 is 9.59 Å². The first kappa shape index (κ1) is 18.9. The molecule has 1 aliphatic rings. The van der Waals surface area contributed by atoms with Gasteiger partial charge in [-0.2, -0.15) is 0 Å². The van der Waals surface area contributed by atoms with Crippen LogP contribution < -0.4 is 5.32 Å². The molecule has 4 nitrogen and oxygen atoms in total. The number of hydrogen-bond acceptors (Lipinski definition) is 2. The average molecular weight is 362 g/mol. The Balaban J connectivity index is 1.57. The molecule has 1 aliphatic heterocycles. The first-order chi connectivity index (χ1) is 13.2. The first-order valence-corrected chi connectivity index (χ1v) is 9.57. The van der Waals surface area contributed by atoms with Gasteiger partial charge < -0.3 is 10.2 Å². The number of para-hydroxylation sites is 1. The quantitative estimate of drug-likeness (QED) is 0.813. The van der Waals surface area contributed by atoms with Gasteiger partial charge in [0.1, 0.15) is 0 Å². The summed E-state index contributed by atoms with van der Waals surface area (Å²) in [6.45, 7) is 3.29. The molecule has 0 spiro atoms. The molecule has 1 fully saturated rings. The van der Waals surface area contributed by atoms with Crippen molar-refractivity contribution in [3.05, 3.63) is 71.8 Å². The lowest BCUT2D eigenvalue weighted by atomic mass is 9.97. The van der Waals surface area contributed by atoms with E-state index in [4.69, 9.17) is 0 Å². The molecule has 0 saturated carbocycles. The molecule has 2 amide bonds. The van der Waals surface area contributed by atoms with Crippen LogP contribution in [0.1, 0.15) is 30.9 Å². The molecule has 1 atom stereocenters. The van der Waals surface area contributed by atoms with Crippen LogP contribution in [0.2, 0.25) is 0 Å². The maximum atomic E-state index is 12.5. The highest BCUT2D eigenvalue weighted by molar-refractivity contribution is 5.95. The molecule has 1 heterocycles. The molecule has 2 aromatic carbocycles. The number of likely N-dealkylation sites (tertiary alicyclic amines) is 1. The van der Waals surface area contributed by atoms with Crippen molar-refractivity contribution in [2.45, 2.75) is 26.2 Å².